The van der Waals surface area contributed by atoms with Crippen molar-refractivity contribution in [1.29, 1.82) is 0 Å². The lowest BCUT2D eigenvalue weighted by molar-refractivity contribution is -0.117. The summed E-state index contributed by atoms with van der Waals surface area (Å²) in [6, 6.07) is 9.57. The van der Waals surface area contributed by atoms with E-state index in [9.17, 15) is 14.7 Å². The Morgan fingerprint density at radius 1 is 1.25 bits per heavy atom. The minimum Gasteiger partial charge on any atom is -0.503 e. The fourth-order valence-electron chi connectivity index (χ4n) is 3.13. The van der Waals surface area contributed by atoms with Gasteiger partial charge in [-0.25, -0.2) is 4.98 Å². The number of hydrogen-bond donors (Lipinski definition) is 1. The molecule has 0 fully saturated rings. The Morgan fingerprint density at radius 3 is 2.64 bits per heavy atom. The first-order valence-electron chi connectivity index (χ1n) is 8.43. The zero-order valence-corrected chi connectivity index (χ0v) is 17.4. The number of nitrogens with zero attached hydrogens (tertiary/aromatic N) is 2. The van der Waals surface area contributed by atoms with E-state index in [2.05, 4.69) is 4.98 Å². The largest absolute Gasteiger partial charge is 0.503 e. The number of thiazole rings is 1. The van der Waals surface area contributed by atoms with Gasteiger partial charge in [-0.15, -0.1) is 22.7 Å². The lowest BCUT2D eigenvalue weighted by atomic mass is 9.95. The molecule has 1 amide bonds. The van der Waals surface area contributed by atoms with Gasteiger partial charge in [0.25, 0.3) is 5.91 Å². The predicted octanol–water partition coefficient (Wildman–Crippen LogP) is 5.26. The van der Waals surface area contributed by atoms with Crippen molar-refractivity contribution in [3.05, 3.63) is 79.1 Å². The van der Waals surface area contributed by atoms with Gasteiger partial charge in [0.2, 0.25) is 5.78 Å². The molecular weight excluding hydrogens is 416 g/mol. The number of aryl methyl sites for hydroxylation is 2. The van der Waals surface area contributed by atoms with Crippen molar-refractivity contribution in [2.24, 2.45) is 0 Å². The normalized spacial score (nSPS) is 16.9. The number of Topliss-reactive ketones (excluding diaryl/α,β-unsaturated/α-hetero) is 1. The zero-order chi connectivity index (χ0) is 20.0. The van der Waals surface area contributed by atoms with Crippen LogP contribution in [-0.4, -0.2) is 21.8 Å². The lowest BCUT2D eigenvalue weighted by Crippen LogP contribution is -2.31. The van der Waals surface area contributed by atoms with Gasteiger partial charge in [-0.3, -0.25) is 14.5 Å². The van der Waals surface area contributed by atoms with E-state index in [1.54, 1.807) is 41.8 Å². The number of hydrogen-bond acceptors (Lipinski definition) is 6. The quantitative estimate of drug-likeness (QED) is 0.573. The van der Waals surface area contributed by atoms with E-state index in [1.165, 1.54) is 27.6 Å². The number of aliphatic hydroxyl groups excluding tert-OH is 1. The average Bonchev–Trinajstić information content (AvgIpc) is 3.36. The molecule has 1 aliphatic heterocycles. The molecule has 1 N–H and O–H groups in total. The summed E-state index contributed by atoms with van der Waals surface area (Å²) < 4.78 is 0. The molecule has 8 heteroatoms. The van der Waals surface area contributed by atoms with E-state index in [4.69, 9.17) is 11.6 Å². The fourth-order valence-corrected chi connectivity index (χ4v) is 4.94. The molecule has 142 valence electrons. The number of aromatic nitrogens is 1. The van der Waals surface area contributed by atoms with E-state index in [0.29, 0.717) is 20.6 Å². The number of carbonyl (C=O) groups is 2. The fraction of sp³-hybridized carbons (Fsp3) is 0.150. The lowest BCUT2D eigenvalue weighted by Gasteiger charge is -2.24. The Balaban J connectivity index is 1.90. The second-order valence-electron chi connectivity index (χ2n) is 6.34. The molecule has 4 rings (SSSR count). The molecule has 0 spiro atoms. The van der Waals surface area contributed by atoms with Gasteiger partial charge < -0.3 is 5.11 Å². The van der Waals surface area contributed by atoms with Gasteiger partial charge in [-0.2, -0.15) is 0 Å². The Bertz CT molecular complexity index is 1100. The summed E-state index contributed by atoms with van der Waals surface area (Å²) in [6.45, 7) is 3.77. The van der Waals surface area contributed by atoms with Gasteiger partial charge >= 0.3 is 0 Å². The van der Waals surface area contributed by atoms with Crippen molar-refractivity contribution in [3.8, 4) is 0 Å². The van der Waals surface area contributed by atoms with E-state index in [0.717, 1.165) is 10.6 Å². The Morgan fingerprint density at radius 2 is 2.04 bits per heavy atom. The van der Waals surface area contributed by atoms with Crippen LogP contribution in [0.4, 0.5) is 5.13 Å². The summed E-state index contributed by atoms with van der Waals surface area (Å²) in [5, 5.41) is 13.3. The molecule has 1 aliphatic rings. The predicted molar refractivity (Wildman–Crippen MR) is 112 cm³/mol. The number of carbonyl (C=O) groups excluding carboxylic acids is 2. The first-order chi connectivity index (χ1) is 13.4. The Kier molecular flexibility index (Phi) is 4.82. The summed E-state index contributed by atoms with van der Waals surface area (Å²) in [5.74, 6) is -1.56. The summed E-state index contributed by atoms with van der Waals surface area (Å²) in [5.41, 5.74) is 1.48. The number of halogens is 1. The summed E-state index contributed by atoms with van der Waals surface area (Å²) in [4.78, 5) is 33.4. The van der Waals surface area contributed by atoms with E-state index >= 15 is 0 Å². The van der Waals surface area contributed by atoms with Crippen molar-refractivity contribution >= 4 is 51.1 Å². The van der Waals surface area contributed by atoms with Crippen LogP contribution in [0.5, 0.6) is 0 Å². The highest BCUT2D eigenvalue weighted by Gasteiger charge is 2.46. The van der Waals surface area contributed by atoms with Crippen molar-refractivity contribution in [1.82, 2.24) is 4.98 Å². The molecule has 1 atom stereocenters. The molecule has 2 aromatic heterocycles. The molecule has 3 aromatic rings. The van der Waals surface area contributed by atoms with Crippen LogP contribution in [0.1, 0.15) is 31.8 Å². The zero-order valence-electron chi connectivity index (χ0n) is 15.0. The second kappa shape index (κ2) is 7.16. The maximum Gasteiger partial charge on any atom is 0.296 e. The molecule has 5 nitrogen and oxygen atoms in total. The van der Waals surface area contributed by atoms with Crippen molar-refractivity contribution in [3.63, 3.8) is 0 Å². The summed E-state index contributed by atoms with van der Waals surface area (Å²) in [7, 11) is 0. The maximum atomic E-state index is 13.1. The van der Waals surface area contributed by atoms with Gasteiger partial charge in [0, 0.05) is 9.90 Å². The minimum atomic E-state index is -0.800. The average molecular weight is 431 g/mol. The van der Waals surface area contributed by atoms with Gasteiger partial charge in [0.1, 0.15) is 0 Å². The molecule has 0 saturated heterocycles. The van der Waals surface area contributed by atoms with Gasteiger partial charge in [-0.1, -0.05) is 29.8 Å². The molecule has 0 bridgehead atoms. The SMILES string of the molecule is Cc1nc(N2C(=O)C(O)=C(C(=O)c3cccs3)[C@H]2c2cccc(Cl)c2)sc1C. The third-order valence-electron chi connectivity index (χ3n) is 4.59. The Hall–Kier alpha value is -2.48. The van der Waals surface area contributed by atoms with Gasteiger partial charge in [-0.05, 0) is 43.0 Å². The van der Waals surface area contributed by atoms with Crippen molar-refractivity contribution in [2.75, 3.05) is 4.90 Å². The number of aliphatic hydroxyl groups is 1. The van der Waals surface area contributed by atoms with Crippen molar-refractivity contribution in [2.45, 2.75) is 19.9 Å². The first kappa shape index (κ1) is 18.9. The van der Waals surface area contributed by atoms with Crippen molar-refractivity contribution < 1.29 is 14.7 Å². The third-order valence-corrected chi connectivity index (χ3v) is 6.76. The van der Waals surface area contributed by atoms with Crippen LogP contribution in [0, 0.1) is 13.8 Å². The molecule has 3 heterocycles. The first-order valence-corrected chi connectivity index (χ1v) is 10.5. The van der Waals surface area contributed by atoms with Crippen LogP contribution in [0.3, 0.4) is 0 Å². The highest BCUT2D eigenvalue weighted by atomic mass is 35.5. The van der Waals surface area contributed by atoms with Crippen LogP contribution >= 0.6 is 34.3 Å². The topological polar surface area (TPSA) is 70.5 Å². The summed E-state index contributed by atoms with van der Waals surface area (Å²) >= 11 is 8.78. The van der Waals surface area contributed by atoms with Crippen LogP contribution < -0.4 is 4.90 Å². The van der Waals surface area contributed by atoms with Crippen LogP contribution in [0.2, 0.25) is 5.02 Å². The smallest absolute Gasteiger partial charge is 0.296 e. The van der Waals surface area contributed by atoms with Gasteiger partial charge in [0.05, 0.1) is 22.2 Å². The molecule has 0 radical (unpaired) electrons. The number of anilines is 1. The maximum absolute atomic E-state index is 13.1. The molecule has 28 heavy (non-hydrogen) atoms. The number of benzene rings is 1. The summed E-state index contributed by atoms with van der Waals surface area (Å²) in [6.07, 6.45) is 0. The Labute approximate surface area is 174 Å². The number of amides is 1. The standard InChI is InChI=1S/C20H15ClN2O3S2/c1-10-11(2)28-20(22-10)23-16(12-5-3-6-13(21)9-12)15(18(25)19(23)26)17(24)14-7-4-8-27-14/h3-9,16,25H,1-2H3/t16-/m1/s1. The van der Waals surface area contributed by atoms with E-state index < -0.39 is 17.7 Å². The molecule has 1 aromatic carbocycles. The van der Waals surface area contributed by atoms with Crippen LogP contribution in [0.15, 0.2) is 53.1 Å². The van der Waals surface area contributed by atoms with E-state index in [-0.39, 0.29) is 11.4 Å². The third kappa shape index (κ3) is 3.05. The molecule has 0 unspecified atom stereocenters. The van der Waals surface area contributed by atoms with Crippen LogP contribution in [-0.2, 0) is 4.79 Å². The minimum absolute atomic E-state index is 0.0419. The van der Waals surface area contributed by atoms with E-state index in [1.807, 2.05) is 13.8 Å². The van der Waals surface area contributed by atoms with Gasteiger partial charge in [0.15, 0.2) is 10.9 Å². The molecular formula is C20H15ClN2O3S2. The highest BCUT2D eigenvalue weighted by Crippen LogP contribution is 2.44. The second-order valence-corrected chi connectivity index (χ2v) is 8.91. The molecule has 0 aliphatic carbocycles. The number of ketones is 1. The monoisotopic (exact) mass is 430 g/mol. The molecule has 0 saturated carbocycles. The highest BCUT2D eigenvalue weighted by molar-refractivity contribution is 7.16. The number of thiophene rings is 1. The number of rotatable bonds is 4. The van der Waals surface area contributed by atoms with Crippen LogP contribution in [0.25, 0.3) is 0 Å².